The SMILES string of the molecule is C=C[C@@H](C[C@H](O)[C@H](CC1CCCCC1)NC(=O)[C@H](Cc1cnc[nH]1)NC(=O)C1(COC(N)=O)CCCCC1)C(C)C. The molecule has 2 saturated carbocycles. The molecule has 6 N–H and O–H groups in total. The Balaban J connectivity index is 1.81. The molecule has 1 heterocycles. The van der Waals surface area contributed by atoms with Crippen molar-refractivity contribution < 1.29 is 24.2 Å². The molecule has 2 aliphatic carbocycles. The maximum atomic E-state index is 13.9. The number of ether oxygens (including phenoxy) is 1. The Morgan fingerprint density at radius 1 is 1.17 bits per heavy atom. The summed E-state index contributed by atoms with van der Waals surface area (Å²) in [6, 6.07) is -1.36. The van der Waals surface area contributed by atoms with Crippen LogP contribution in [0.15, 0.2) is 25.2 Å². The first-order valence-corrected chi connectivity index (χ1v) is 15.4. The number of H-pyrrole nitrogens is 1. The molecule has 4 atom stereocenters. The van der Waals surface area contributed by atoms with E-state index in [0.29, 0.717) is 43.2 Å². The zero-order chi connectivity index (χ0) is 29.8. The molecule has 41 heavy (non-hydrogen) atoms. The summed E-state index contributed by atoms with van der Waals surface area (Å²) in [5, 5.41) is 17.5. The lowest BCUT2D eigenvalue weighted by Crippen LogP contribution is -2.57. The van der Waals surface area contributed by atoms with Crippen molar-refractivity contribution in [2.75, 3.05) is 6.61 Å². The highest BCUT2D eigenvalue weighted by molar-refractivity contribution is 5.90. The number of nitrogens with one attached hydrogen (secondary N) is 3. The summed E-state index contributed by atoms with van der Waals surface area (Å²) in [4.78, 5) is 46.2. The smallest absolute Gasteiger partial charge is 0.404 e. The number of hydrogen-bond acceptors (Lipinski definition) is 6. The van der Waals surface area contributed by atoms with E-state index in [1.165, 1.54) is 12.7 Å². The molecule has 10 nitrogen and oxygen atoms in total. The first-order chi connectivity index (χ1) is 19.6. The third-order valence-electron chi connectivity index (χ3n) is 9.16. The standard InChI is InChI=1S/C31H51N5O5/c1-4-23(21(2)3)16-27(37)25(15-22-11-7-5-8-12-22)35-28(38)26(17-24-18-33-20-34-24)36-29(39)31(19-41-30(32)40)13-9-6-10-14-31/h4,18,20-23,25-27,37H,1,5-17,19H2,2-3H3,(H2,32,40)(H,33,34)(H,35,38)(H,36,39)/t23-,25-,26-,27-/m0/s1. The summed E-state index contributed by atoms with van der Waals surface area (Å²) >= 11 is 0. The fraction of sp³-hybridized carbons (Fsp3) is 0.742. The highest BCUT2D eigenvalue weighted by Gasteiger charge is 2.42. The quantitative estimate of drug-likeness (QED) is 0.198. The molecule has 2 aliphatic rings. The molecule has 0 radical (unpaired) electrons. The minimum atomic E-state index is -0.935. The second-order valence-corrected chi connectivity index (χ2v) is 12.6. The number of carbonyl (C=O) groups excluding carboxylic acids is 3. The van der Waals surface area contributed by atoms with E-state index in [9.17, 15) is 19.5 Å². The molecule has 1 aromatic rings. The highest BCUT2D eigenvalue weighted by atomic mass is 16.5. The van der Waals surface area contributed by atoms with Crippen molar-refractivity contribution >= 4 is 17.9 Å². The van der Waals surface area contributed by atoms with Crippen LogP contribution in [-0.2, 0) is 20.7 Å². The summed E-state index contributed by atoms with van der Waals surface area (Å²) in [5.41, 5.74) is 5.00. The number of amides is 3. The number of aliphatic hydroxyl groups excluding tert-OH is 1. The normalized spacial score (nSPS) is 20.4. The van der Waals surface area contributed by atoms with Gasteiger partial charge in [0.1, 0.15) is 12.6 Å². The average Bonchev–Trinajstić information content (AvgIpc) is 3.48. The van der Waals surface area contributed by atoms with E-state index < -0.39 is 29.7 Å². The predicted octanol–water partition coefficient (Wildman–Crippen LogP) is 4.15. The van der Waals surface area contributed by atoms with E-state index >= 15 is 0 Å². The Bertz CT molecular complexity index is 970. The summed E-state index contributed by atoms with van der Waals surface area (Å²) in [6.07, 6.45) is 14.2. The molecule has 3 rings (SSSR count). The highest BCUT2D eigenvalue weighted by Crippen LogP contribution is 2.37. The van der Waals surface area contributed by atoms with Crippen LogP contribution in [0.3, 0.4) is 0 Å². The lowest BCUT2D eigenvalue weighted by atomic mass is 9.73. The van der Waals surface area contributed by atoms with Crippen molar-refractivity contribution in [2.24, 2.45) is 28.9 Å². The maximum absolute atomic E-state index is 13.9. The van der Waals surface area contributed by atoms with Gasteiger partial charge in [-0.15, -0.1) is 6.58 Å². The van der Waals surface area contributed by atoms with Crippen LogP contribution in [0.2, 0.25) is 0 Å². The van der Waals surface area contributed by atoms with Crippen LogP contribution < -0.4 is 16.4 Å². The number of rotatable bonds is 15. The number of nitrogens with zero attached hydrogens (tertiary/aromatic N) is 1. The van der Waals surface area contributed by atoms with Gasteiger partial charge >= 0.3 is 6.09 Å². The number of allylic oxidation sites excluding steroid dienone is 1. The van der Waals surface area contributed by atoms with Gasteiger partial charge in [-0.05, 0) is 43.4 Å². The lowest BCUT2D eigenvalue weighted by molar-refractivity contribution is -0.139. The monoisotopic (exact) mass is 573 g/mol. The number of imidazole rings is 1. The second kappa shape index (κ2) is 15.9. The van der Waals surface area contributed by atoms with Gasteiger partial charge in [-0.25, -0.2) is 9.78 Å². The second-order valence-electron chi connectivity index (χ2n) is 12.6. The maximum Gasteiger partial charge on any atom is 0.404 e. The van der Waals surface area contributed by atoms with E-state index in [1.807, 2.05) is 6.08 Å². The first kappa shape index (κ1) is 32.6. The fourth-order valence-corrected chi connectivity index (χ4v) is 6.47. The molecule has 2 fully saturated rings. The number of aliphatic hydroxyl groups is 1. The molecule has 0 unspecified atom stereocenters. The zero-order valence-electron chi connectivity index (χ0n) is 24.9. The number of aromatic nitrogens is 2. The Labute approximate surface area is 244 Å². The molecular formula is C31H51N5O5. The van der Waals surface area contributed by atoms with Crippen LogP contribution in [0.5, 0.6) is 0 Å². The topological polar surface area (TPSA) is 159 Å². The Morgan fingerprint density at radius 3 is 2.44 bits per heavy atom. The van der Waals surface area contributed by atoms with Gasteiger partial charge < -0.3 is 31.2 Å². The van der Waals surface area contributed by atoms with Crippen molar-refractivity contribution in [2.45, 2.75) is 116 Å². The van der Waals surface area contributed by atoms with Crippen LogP contribution >= 0.6 is 0 Å². The zero-order valence-corrected chi connectivity index (χ0v) is 24.9. The van der Waals surface area contributed by atoms with Gasteiger partial charge in [-0.3, -0.25) is 9.59 Å². The third-order valence-corrected chi connectivity index (χ3v) is 9.16. The molecule has 0 bridgehead atoms. The van der Waals surface area contributed by atoms with Crippen LogP contribution in [0.25, 0.3) is 0 Å². The van der Waals surface area contributed by atoms with Gasteiger partial charge in [0.2, 0.25) is 11.8 Å². The minimum Gasteiger partial charge on any atom is -0.449 e. The number of nitrogens with two attached hydrogens (primary N) is 1. The molecule has 0 spiro atoms. The fourth-order valence-electron chi connectivity index (χ4n) is 6.47. The molecule has 3 amide bonds. The minimum absolute atomic E-state index is 0.117. The van der Waals surface area contributed by atoms with E-state index in [-0.39, 0.29) is 30.8 Å². The van der Waals surface area contributed by atoms with Crippen LogP contribution in [0.4, 0.5) is 4.79 Å². The Hall–Kier alpha value is -2.88. The Kier molecular flexibility index (Phi) is 12.7. The van der Waals surface area contributed by atoms with Crippen molar-refractivity contribution in [3.63, 3.8) is 0 Å². The van der Waals surface area contributed by atoms with Crippen LogP contribution in [0, 0.1) is 23.2 Å². The van der Waals surface area contributed by atoms with Crippen molar-refractivity contribution in [3.05, 3.63) is 30.9 Å². The molecule has 0 aromatic carbocycles. The van der Waals surface area contributed by atoms with Gasteiger partial charge in [0.15, 0.2) is 0 Å². The van der Waals surface area contributed by atoms with E-state index in [4.69, 9.17) is 10.5 Å². The average molecular weight is 574 g/mol. The number of aromatic amines is 1. The van der Waals surface area contributed by atoms with Gasteiger partial charge in [0, 0.05) is 18.3 Å². The summed E-state index contributed by atoms with van der Waals surface area (Å²) in [5.74, 6) is 0.188. The number of primary amides is 1. The first-order valence-electron chi connectivity index (χ1n) is 15.4. The van der Waals surface area contributed by atoms with Gasteiger partial charge in [0.05, 0.1) is 23.9 Å². The third kappa shape index (κ3) is 9.87. The summed E-state index contributed by atoms with van der Waals surface area (Å²) in [6.45, 7) is 8.05. The lowest BCUT2D eigenvalue weighted by Gasteiger charge is -2.37. The van der Waals surface area contributed by atoms with Gasteiger partial charge in [-0.1, -0.05) is 71.3 Å². The number of hydrogen-bond donors (Lipinski definition) is 5. The van der Waals surface area contributed by atoms with Gasteiger partial charge in [-0.2, -0.15) is 0 Å². The van der Waals surface area contributed by atoms with Crippen LogP contribution in [0.1, 0.15) is 96.6 Å². The summed E-state index contributed by atoms with van der Waals surface area (Å²) in [7, 11) is 0. The Morgan fingerprint density at radius 2 is 1.85 bits per heavy atom. The van der Waals surface area contributed by atoms with E-state index in [0.717, 1.165) is 44.9 Å². The number of carbonyl (C=O) groups is 3. The molecule has 1 aromatic heterocycles. The van der Waals surface area contributed by atoms with Gasteiger partial charge in [0.25, 0.3) is 0 Å². The van der Waals surface area contributed by atoms with E-state index in [1.54, 1.807) is 6.20 Å². The summed E-state index contributed by atoms with van der Waals surface area (Å²) < 4.78 is 5.12. The van der Waals surface area contributed by atoms with E-state index in [2.05, 4.69) is 41.0 Å². The molecule has 10 heteroatoms. The molecule has 230 valence electrons. The van der Waals surface area contributed by atoms with Crippen LogP contribution in [-0.4, -0.2) is 57.8 Å². The molecule has 0 aliphatic heterocycles. The largest absolute Gasteiger partial charge is 0.449 e. The predicted molar refractivity (Wildman–Crippen MR) is 158 cm³/mol. The van der Waals surface area contributed by atoms with Crippen molar-refractivity contribution in [3.8, 4) is 0 Å². The molecule has 0 saturated heterocycles. The van der Waals surface area contributed by atoms with Crippen molar-refractivity contribution in [1.82, 2.24) is 20.6 Å². The molecular weight excluding hydrogens is 522 g/mol. The van der Waals surface area contributed by atoms with Crippen molar-refractivity contribution in [1.29, 1.82) is 0 Å².